The summed E-state index contributed by atoms with van der Waals surface area (Å²) in [5.41, 5.74) is -0.990. The van der Waals surface area contributed by atoms with Crippen molar-refractivity contribution in [1.82, 2.24) is 9.13 Å². The lowest BCUT2D eigenvalue weighted by Crippen LogP contribution is -2.40. The van der Waals surface area contributed by atoms with E-state index in [1.165, 1.54) is 36.1 Å². The summed E-state index contributed by atoms with van der Waals surface area (Å²) < 4.78 is 21.2. The van der Waals surface area contributed by atoms with Crippen molar-refractivity contribution < 1.29 is 9.13 Å². The van der Waals surface area contributed by atoms with Gasteiger partial charge in [-0.1, -0.05) is 26.2 Å². The molecule has 0 spiro atoms. The number of aromatic nitrogens is 2. The topological polar surface area (TPSA) is 53.2 Å². The molecule has 1 heterocycles. The standard InChI is InChI=1S/C17H21FN2O3/c1-3-4-5-6-9-19-10-11-20(17(22)16(19)21)13-7-8-15(23-2)14(18)12-13/h7-8,10-12H,3-6,9H2,1-2H3. The van der Waals surface area contributed by atoms with Crippen molar-refractivity contribution in [2.45, 2.75) is 39.2 Å². The van der Waals surface area contributed by atoms with Gasteiger partial charge in [-0.2, -0.15) is 0 Å². The summed E-state index contributed by atoms with van der Waals surface area (Å²) >= 11 is 0. The van der Waals surface area contributed by atoms with Crippen LogP contribution in [0.4, 0.5) is 4.39 Å². The maximum absolute atomic E-state index is 13.8. The van der Waals surface area contributed by atoms with Gasteiger partial charge in [0.05, 0.1) is 12.8 Å². The molecule has 0 fully saturated rings. The van der Waals surface area contributed by atoms with E-state index >= 15 is 0 Å². The third kappa shape index (κ3) is 3.88. The average Bonchev–Trinajstić information content (AvgIpc) is 2.55. The summed E-state index contributed by atoms with van der Waals surface area (Å²) in [6.45, 7) is 2.63. The Morgan fingerprint density at radius 1 is 1.09 bits per heavy atom. The third-order valence-electron chi connectivity index (χ3n) is 3.72. The molecule has 0 N–H and O–H groups in total. The van der Waals surface area contributed by atoms with Gasteiger partial charge in [-0.25, -0.2) is 4.39 Å². The van der Waals surface area contributed by atoms with Gasteiger partial charge < -0.3 is 9.30 Å². The second kappa shape index (κ2) is 7.76. The zero-order valence-electron chi connectivity index (χ0n) is 13.4. The maximum Gasteiger partial charge on any atom is 0.320 e. The van der Waals surface area contributed by atoms with Crippen LogP contribution in [-0.4, -0.2) is 16.2 Å². The summed E-state index contributed by atoms with van der Waals surface area (Å²) in [6, 6.07) is 4.13. The fourth-order valence-corrected chi connectivity index (χ4v) is 2.40. The predicted octanol–water partition coefficient (Wildman–Crippen LogP) is 2.73. The summed E-state index contributed by atoms with van der Waals surface area (Å²) in [7, 11) is 1.37. The minimum Gasteiger partial charge on any atom is -0.494 e. The van der Waals surface area contributed by atoms with E-state index in [-0.39, 0.29) is 5.75 Å². The second-order valence-electron chi connectivity index (χ2n) is 5.35. The highest BCUT2D eigenvalue weighted by atomic mass is 19.1. The molecule has 0 saturated carbocycles. The number of unbranched alkanes of at least 4 members (excludes halogenated alkanes) is 3. The number of hydrogen-bond donors (Lipinski definition) is 0. The Balaban J connectivity index is 2.28. The van der Waals surface area contributed by atoms with E-state index in [1.807, 2.05) is 0 Å². The Morgan fingerprint density at radius 2 is 1.87 bits per heavy atom. The molecule has 0 unspecified atom stereocenters. The van der Waals surface area contributed by atoms with E-state index in [0.717, 1.165) is 30.3 Å². The maximum atomic E-state index is 13.8. The highest BCUT2D eigenvalue weighted by Crippen LogP contribution is 2.19. The van der Waals surface area contributed by atoms with E-state index in [0.29, 0.717) is 12.2 Å². The van der Waals surface area contributed by atoms with Gasteiger partial charge in [0.2, 0.25) is 0 Å². The van der Waals surface area contributed by atoms with Gasteiger partial charge in [0.25, 0.3) is 0 Å². The molecule has 0 aliphatic heterocycles. The normalized spacial score (nSPS) is 10.7. The third-order valence-corrected chi connectivity index (χ3v) is 3.72. The van der Waals surface area contributed by atoms with E-state index in [2.05, 4.69) is 6.92 Å². The molecule has 1 aromatic carbocycles. The van der Waals surface area contributed by atoms with Crippen LogP contribution in [0.1, 0.15) is 32.6 Å². The van der Waals surface area contributed by atoms with E-state index in [9.17, 15) is 14.0 Å². The first-order valence-corrected chi connectivity index (χ1v) is 7.74. The van der Waals surface area contributed by atoms with E-state index < -0.39 is 16.9 Å². The summed E-state index contributed by atoms with van der Waals surface area (Å²) in [6.07, 6.45) is 7.16. The van der Waals surface area contributed by atoms with Gasteiger partial charge in [0.1, 0.15) is 0 Å². The first-order chi connectivity index (χ1) is 11.1. The number of nitrogens with zero attached hydrogens (tertiary/aromatic N) is 2. The molecule has 0 aliphatic rings. The zero-order chi connectivity index (χ0) is 16.8. The minimum absolute atomic E-state index is 0.0889. The van der Waals surface area contributed by atoms with Crippen molar-refractivity contribution in [3.8, 4) is 11.4 Å². The predicted molar refractivity (Wildman–Crippen MR) is 87.0 cm³/mol. The number of benzene rings is 1. The lowest BCUT2D eigenvalue weighted by atomic mass is 10.2. The van der Waals surface area contributed by atoms with Crippen LogP contribution in [0.25, 0.3) is 5.69 Å². The molecular formula is C17H21FN2O3. The minimum atomic E-state index is -0.687. The average molecular weight is 320 g/mol. The molecule has 5 nitrogen and oxygen atoms in total. The molecule has 0 amide bonds. The Morgan fingerprint density at radius 3 is 2.52 bits per heavy atom. The molecule has 0 radical (unpaired) electrons. The van der Waals surface area contributed by atoms with Gasteiger partial charge in [0.15, 0.2) is 11.6 Å². The largest absolute Gasteiger partial charge is 0.494 e. The molecule has 0 saturated heterocycles. The van der Waals surface area contributed by atoms with E-state index in [4.69, 9.17) is 4.74 Å². The fourth-order valence-electron chi connectivity index (χ4n) is 2.40. The molecule has 2 aromatic rings. The summed E-state index contributed by atoms with van der Waals surface area (Å²) in [4.78, 5) is 24.4. The molecule has 2 rings (SSSR count). The summed E-state index contributed by atoms with van der Waals surface area (Å²) in [5, 5.41) is 0. The SMILES string of the molecule is CCCCCCn1ccn(-c2ccc(OC)c(F)c2)c(=O)c1=O. The molecular weight excluding hydrogens is 299 g/mol. The number of hydrogen-bond acceptors (Lipinski definition) is 3. The van der Waals surface area contributed by atoms with Crippen molar-refractivity contribution in [1.29, 1.82) is 0 Å². The molecule has 23 heavy (non-hydrogen) atoms. The van der Waals surface area contributed by atoms with Crippen LogP contribution in [-0.2, 0) is 6.54 Å². The molecule has 0 atom stereocenters. The van der Waals surface area contributed by atoms with Gasteiger partial charge in [-0.3, -0.25) is 14.2 Å². The van der Waals surface area contributed by atoms with E-state index in [1.54, 1.807) is 6.20 Å². The quantitative estimate of drug-likeness (QED) is 0.582. The molecule has 0 aliphatic carbocycles. The first-order valence-electron chi connectivity index (χ1n) is 7.74. The smallest absolute Gasteiger partial charge is 0.320 e. The molecule has 6 heteroatoms. The number of rotatable bonds is 7. The fraction of sp³-hybridized carbons (Fsp3) is 0.412. The Hall–Kier alpha value is -2.37. The van der Waals surface area contributed by atoms with Gasteiger partial charge >= 0.3 is 11.1 Å². The van der Waals surface area contributed by atoms with Crippen LogP contribution < -0.4 is 15.9 Å². The van der Waals surface area contributed by atoms with Crippen molar-refractivity contribution in [2.24, 2.45) is 0 Å². The van der Waals surface area contributed by atoms with Gasteiger partial charge in [-0.05, 0) is 18.6 Å². The number of aryl methyl sites for hydroxylation is 1. The van der Waals surface area contributed by atoms with Crippen molar-refractivity contribution >= 4 is 0 Å². The Kier molecular flexibility index (Phi) is 5.73. The second-order valence-corrected chi connectivity index (χ2v) is 5.35. The van der Waals surface area contributed by atoms with Crippen LogP contribution in [0.15, 0.2) is 40.2 Å². The monoisotopic (exact) mass is 320 g/mol. The Labute approximate surface area is 134 Å². The van der Waals surface area contributed by atoms with Crippen molar-refractivity contribution in [3.63, 3.8) is 0 Å². The summed E-state index contributed by atoms with van der Waals surface area (Å²) in [5.74, 6) is -0.494. The van der Waals surface area contributed by atoms with Crippen molar-refractivity contribution in [2.75, 3.05) is 7.11 Å². The molecule has 0 bridgehead atoms. The lowest BCUT2D eigenvalue weighted by molar-refractivity contribution is 0.386. The molecule has 1 aromatic heterocycles. The number of halogens is 1. The number of methoxy groups -OCH3 is 1. The van der Waals surface area contributed by atoms with Crippen LogP contribution in [0, 0.1) is 5.82 Å². The number of ether oxygens (including phenoxy) is 1. The van der Waals surface area contributed by atoms with Crippen molar-refractivity contribution in [3.05, 3.63) is 57.1 Å². The highest BCUT2D eigenvalue weighted by Gasteiger charge is 2.09. The Bertz CT molecular complexity index is 780. The lowest BCUT2D eigenvalue weighted by Gasteiger charge is -2.10. The van der Waals surface area contributed by atoms with Crippen LogP contribution in [0.3, 0.4) is 0 Å². The van der Waals surface area contributed by atoms with Gasteiger partial charge in [0, 0.05) is 25.0 Å². The zero-order valence-corrected chi connectivity index (χ0v) is 13.4. The highest BCUT2D eigenvalue weighted by molar-refractivity contribution is 5.38. The van der Waals surface area contributed by atoms with Crippen LogP contribution in [0.2, 0.25) is 0 Å². The van der Waals surface area contributed by atoms with Crippen LogP contribution in [0.5, 0.6) is 5.75 Å². The van der Waals surface area contributed by atoms with Gasteiger partial charge in [-0.15, -0.1) is 0 Å². The van der Waals surface area contributed by atoms with Crippen LogP contribution >= 0.6 is 0 Å². The first kappa shape index (κ1) is 17.0. The molecule has 124 valence electrons.